The monoisotopic (exact) mass is 293 g/mol. The van der Waals surface area contributed by atoms with Gasteiger partial charge in [0.15, 0.2) is 5.78 Å². The molecule has 0 saturated carbocycles. The molecule has 2 aromatic rings. The van der Waals surface area contributed by atoms with Crippen LogP contribution in [0.1, 0.15) is 21.5 Å². The van der Waals surface area contributed by atoms with Gasteiger partial charge >= 0.3 is 0 Å². The van der Waals surface area contributed by atoms with Gasteiger partial charge in [-0.25, -0.2) is 4.39 Å². The Balaban J connectivity index is 2.52. The van der Waals surface area contributed by atoms with Crippen molar-refractivity contribution in [2.75, 3.05) is 0 Å². The first-order chi connectivity index (χ1) is 8.11. The zero-order chi connectivity index (χ0) is 12.4. The number of aryl methyl sites for hydroxylation is 1. The van der Waals surface area contributed by atoms with Gasteiger partial charge in [-0.15, -0.1) is 0 Å². The maximum Gasteiger partial charge on any atom is 0.196 e. The second-order valence-corrected chi connectivity index (χ2v) is 4.48. The molecule has 0 radical (unpaired) electrons. The number of benzene rings is 1. The van der Waals surface area contributed by atoms with Crippen LogP contribution >= 0.6 is 15.9 Å². The third-order valence-electron chi connectivity index (χ3n) is 2.46. The number of ketones is 1. The van der Waals surface area contributed by atoms with Crippen LogP contribution in [0.5, 0.6) is 0 Å². The summed E-state index contributed by atoms with van der Waals surface area (Å²) in [5.41, 5.74) is 1.27. The zero-order valence-electron chi connectivity index (χ0n) is 9.08. The fourth-order valence-electron chi connectivity index (χ4n) is 1.55. The van der Waals surface area contributed by atoms with E-state index in [2.05, 4.69) is 20.9 Å². The molecule has 0 aliphatic heterocycles. The fourth-order valence-corrected chi connectivity index (χ4v) is 1.92. The number of aromatic nitrogens is 1. The van der Waals surface area contributed by atoms with Crippen molar-refractivity contribution in [1.82, 2.24) is 4.98 Å². The summed E-state index contributed by atoms with van der Waals surface area (Å²) in [6, 6.07) is 6.27. The van der Waals surface area contributed by atoms with Crippen LogP contribution in [0.25, 0.3) is 0 Å². The first-order valence-electron chi connectivity index (χ1n) is 5.00. The molecule has 1 aromatic carbocycles. The quantitative estimate of drug-likeness (QED) is 0.793. The smallest absolute Gasteiger partial charge is 0.196 e. The Morgan fingerprint density at radius 2 is 2.06 bits per heavy atom. The van der Waals surface area contributed by atoms with Crippen LogP contribution < -0.4 is 0 Å². The lowest BCUT2D eigenvalue weighted by Gasteiger charge is -2.06. The normalized spacial score (nSPS) is 10.3. The van der Waals surface area contributed by atoms with Crippen molar-refractivity contribution in [3.63, 3.8) is 0 Å². The molecule has 0 amide bonds. The maximum absolute atomic E-state index is 13.8. The molecule has 86 valence electrons. The molecular weight excluding hydrogens is 285 g/mol. The summed E-state index contributed by atoms with van der Waals surface area (Å²) in [5.74, 6) is -0.864. The second kappa shape index (κ2) is 4.75. The summed E-state index contributed by atoms with van der Waals surface area (Å²) >= 11 is 3.07. The fraction of sp³-hybridized carbons (Fsp3) is 0.0769. The number of hydrogen-bond acceptors (Lipinski definition) is 2. The number of pyridine rings is 1. The molecule has 0 N–H and O–H groups in total. The zero-order valence-corrected chi connectivity index (χ0v) is 10.7. The first-order valence-corrected chi connectivity index (χ1v) is 5.80. The van der Waals surface area contributed by atoms with Crippen molar-refractivity contribution in [2.45, 2.75) is 6.92 Å². The molecule has 2 nitrogen and oxygen atoms in total. The van der Waals surface area contributed by atoms with E-state index in [0.717, 1.165) is 5.56 Å². The third kappa shape index (κ3) is 2.26. The van der Waals surface area contributed by atoms with Crippen LogP contribution in [0.4, 0.5) is 4.39 Å². The van der Waals surface area contributed by atoms with Crippen LogP contribution in [0.15, 0.2) is 41.1 Å². The summed E-state index contributed by atoms with van der Waals surface area (Å²) in [6.07, 6.45) is 3.11. The molecule has 1 aromatic heterocycles. The Hall–Kier alpha value is -1.55. The number of halogens is 2. The summed E-state index contributed by atoms with van der Waals surface area (Å²) < 4.78 is 14.1. The van der Waals surface area contributed by atoms with E-state index in [4.69, 9.17) is 0 Å². The van der Waals surface area contributed by atoms with Gasteiger partial charge < -0.3 is 0 Å². The topological polar surface area (TPSA) is 30.0 Å². The molecule has 0 atom stereocenters. The van der Waals surface area contributed by atoms with Crippen molar-refractivity contribution < 1.29 is 9.18 Å². The molecule has 2 rings (SSSR count). The largest absolute Gasteiger partial charge is 0.288 e. The minimum Gasteiger partial charge on any atom is -0.288 e. The second-order valence-electron chi connectivity index (χ2n) is 3.62. The molecule has 0 aliphatic carbocycles. The highest BCUT2D eigenvalue weighted by Crippen LogP contribution is 2.21. The van der Waals surface area contributed by atoms with E-state index in [-0.39, 0.29) is 15.8 Å². The van der Waals surface area contributed by atoms with E-state index in [1.165, 1.54) is 12.3 Å². The Bertz CT molecular complexity index is 583. The molecule has 0 aliphatic rings. The Morgan fingerprint density at radius 1 is 1.29 bits per heavy atom. The Labute approximate surface area is 107 Å². The molecule has 0 spiro atoms. The average Bonchev–Trinajstić information content (AvgIpc) is 2.32. The minimum atomic E-state index is -0.534. The van der Waals surface area contributed by atoms with Crippen molar-refractivity contribution in [1.29, 1.82) is 0 Å². The summed E-state index contributed by atoms with van der Waals surface area (Å²) in [7, 11) is 0. The van der Waals surface area contributed by atoms with Crippen molar-refractivity contribution >= 4 is 21.7 Å². The lowest BCUT2D eigenvalue weighted by atomic mass is 10.0. The number of rotatable bonds is 2. The minimum absolute atomic E-state index is 0.0636. The molecular formula is C13H9BrFNO. The van der Waals surface area contributed by atoms with Crippen LogP contribution in [-0.4, -0.2) is 10.8 Å². The van der Waals surface area contributed by atoms with Gasteiger partial charge in [0.25, 0.3) is 0 Å². The number of hydrogen-bond donors (Lipinski definition) is 0. The van der Waals surface area contributed by atoms with Gasteiger partial charge in [-0.3, -0.25) is 9.78 Å². The summed E-state index contributed by atoms with van der Waals surface area (Å²) in [4.78, 5) is 16.1. The molecule has 0 saturated heterocycles. The predicted octanol–water partition coefficient (Wildman–Crippen LogP) is 3.52. The SMILES string of the molecule is Cc1cnccc1C(=O)c1cccc(Br)c1F. The Morgan fingerprint density at radius 3 is 2.76 bits per heavy atom. The van der Waals surface area contributed by atoms with Gasteiger partial charge in [0.05, 0.1) is 10.0 Å². The number of carbonyl (C=O) groups excluding carboxylic acids is 1. The van der Waals surface area contributed by atoms with Crippen LogP contribution in [-0.2, 0) is 0 Å². The van der Waals surface area contributed by atoms with Gasteiger partial charge in [0, 0.05) is 18.0 Å². The molecule has 0 fully saturated rings. The molecule has 1 heterocycles. The average molecular weight is 294 g/mol. The molecule has 0 unspecified atom stereocenters. The van der Waals surface area contributed by atoms with Crippen molar-refractivity contribution in [3.05, 3.63) is 63.6 Å². The van der Waals surface area contributed by atoms with Crippen LogP contribution in [0.3, 0.4) is 0 Å². The van der Waals surface area contributed by atoms with E-state index in [0.29, 0.717) is 5.56 Å². The highest BCUT2D eigenvalue weighted by Gasteiger charge is 2.17. The number of nitrogens with zero attached hydrogens (tertiary/aromatic N) is 1. The van der Waals surface area contributed by atoms with E-state index in [1.807, 2.05) is 0 Å². The summed E-state index contributed by atoms with van der Waals surface area (Å²) in [6.45, 7) is 1.77. The highest BCUT2D eigenvalue weighted by atomic mass is 79.9. The van der Waals surface area contributed by atoms with Gasteiger partial charge in [0.1, 0.15) is 5.82 Å². The molecule has 17 heavy (non-hydrogen) atoms. The summed E-state index contributed by atoms with van der Waals surface area (Å²) in [5, 5.41) is 0. The van der Waals surface area contributed by atoms with Crippen LogP contribution in [0, 0.1) is 12.7 Å². The van der Waals surface area contributed by atoms with Gasteiger partial charge in [-0.2, -0.15) is 0 Å². The van der Waals surface area contributed by atoms with E-state index in [1.54, 1.807) is 31.3 Å². The van der Waals surface area contributed by atoms with E-state index < -0.39 is 5.82 Å². The predicted molar refractivity (Wildman–Crippen MR) is 66.5 cm³/mol. The Kier molecular flexibility index (Phi) is 3.33. The third-order valence-corrected chi connectivity index (χ3v) is 3.07. The molecule has 0 bridgehead atoms. The van der Waals surface area contributed by atoms with Crippen LogP contribution in [0.2, 0.25) is 0 Å². The highest BCUT2D eigenvalue weighted by molar-refractivity contribution is 9.10. The van der Waals surface area contributed by atoms with Crippen molar-refractivity contribution in [2.24, 2.45) is 0 Å². The lowest BCUT2D eigenvalue weighted by molar-refractivity contribution is 0.103. The van der Waals surface area contributed by atoms with Crippen molar-refractivity contribution in [3.8, 4) is 0 Å². The van der Waals surface area contributed by atoms with Gasteiger partial charge in [0.2, 0.25) is 0 Å². The standard InChI is InChI=1S/C13H9BrFNO/c1-8-7-16-6-5-9(8)13(17)10-3-2-4-11(14)12(10)15/h2-7H,1H3. The molecule has 4 heteroatoms. The van der Waals surface area contributed by atoms with Gasteiger partial charge in [-0.05, 0) is 46.6 Å². The maximum atomic E-state index is 13.8. The van der Waals surface area contributed by atoms with Gasteiger partial charge in [-0.1, -0.05) is 6.07 Å². The number of carbonyl (C=O) groups is 1. The van der Waals surface area contributed by atoms with E-state index >= 15 is 0 Å². The lowest BCUT2D eigenvalue weighted by Crippen LogP contribution is -2.06. The van der Waals surface area contributed by atoms with E-state index in [9.17, 15) is 9.18 Å². The first kappa shape index (κ1) is 11.9.